The Morgan fingerprint density at radius 1 is 1.22 bits per heavy atom. The number of non-ortho nitro benzene ring substituents is 1. The Balaban J connectivity index is 1.80. The molecule has 2 heterocycles. The third-order valence-electron chi connectivity index (χ3n) is 3.11. The molecule has 0 unspecified atom stereocenters. The van der Waals surface area contributed by atoms with Gasteiger partial charge < -0.3 is 4.74 Å². The van der Waals surface area contributed by atoms with E-state index >= 15 is 0 Å². The lowest BCUT2D eigenvalue weighted by atomic mass is 10.3. The van der Waals surface area contributed by atoms with Crippen molar-refractivity contribution in [1.29, 1.82) is 0 Å². The van der Waals surface area contributed by atoms with Crippen LogP contribution >= 0.6 is 11.6 Å². The minimum absolute atomic E-state index is 0.0173. The molecule has 1 aromatic carbocycles. The SMILES string of the molecule is O=c1cc(COc2ccc([N+](=O)[O-])cc2)nc2ccc(Cl)cn12. The predicted molar refractivity (Wildman–Crippen MR) is 83.9 cm³/mol. The number of hydrogen-bond acceptors (Lipinski definition) is 5. The molecule has 0 bridgehead atoms. The Morgan fingerprint density at radius 3 is 2.65 bits per heavy atom. The smallest absolute Gasteiger partial charge is 0.269 e. The summed E-state index contributed by atoms with van der Waals surface area (Å²) in [6.45, 7) is 0.0756. The van der Waals surface area contributed by atoms with Crippen molar-refractivity contribution in [2.24, 2.45) is 0 Å². The van der Waals surface area contributed by atoms with Gasteiger partial charge in [0, 0.05) is 24.4 Å². The number of ether oxygens (including phenoxy) is 1. The zero-order valence-corrected chi connectivity index (χ0v) is 12.4. The van der Waals surface area contributed by atoms with Crippen molar-refractivity contribution in [2.45, 2.75) is 6.61 Å². The number of hydrogen-bond donors (Lipinski definition) is 0. The van der Waals surface area contributed by atoms with Crippen LogP contribution in [0.3, 0.4) is 0 Å². The van der Waals surface area contributed by atoms with Crippen LogP contribution in [0.4, 0.5) is 5.69 Å². The zero-order valence-electron chi connectivity index (χ0n) is 11.7. The van der Waals surface area contributed by atoms with Crippen LogP contribution in [0.2, 0.25) is 5.02 Å². The molecule has 0 aliphatic rings. The standard InChI is InChI=1S/C15H10ClN3O4/c16-10-1-6-14-17-11(7-15(20)18(14)8-10)9-23-13-4-2-12(3-5-13)19(21)22/h1-8H,9H2. The van der Waals surface area contributed by atoms with Gasteiger partial charge in [-0.25, -0.2) is 4.98 Å². The molecule has 2 aromatic heterocycles. The maximum atomic E-state index is 12.0. The number of benzene rings is 1. The number of pyridine rings is 1. The van der Waals surface area contributed by atoms with Crippen molar-refractivity contribution in [2.75, 3.05) is 0 Å². The van der Waals surface area contributed by atoms with Crippen LogP contribution in [-0.4, -0.2) is 14.3 Å². The minimum atomic E-state index is -0.485. The van der Waals surface area contributed by atoms with E-state index in [9.17, 15) is 14.9 Å². The van der Waals surface area contributed by atoms with E-state index in [-0.39, 0.29) is 17.9 Å². The summed E-state index contributed by atoms with van der Waals surface area (Å²) in [6.07, 6.45) is 1.49. The van der Waals surface area contributed by atoms with Gasteiger partial charge in [-0.05, 0) is 24.3 Å². The highest BCUT2D eigenvalue weighted by atomic mass is 35.5. The number of rotatable bonds is 4. The number of aromatic nitrogens is 2. The molecule has 23 heavy (non-hydrogen) atoms. The second-order valence-corrected chi connectivity index (χ2v) is 5.14. The summed E-state index contributed by atoms with van der Waals surface area (Å²) in [7, 11) is 0. The van der Waals surface area contributed by atoms with E-state index in [0.717, 1.165) is 0 Å². The zero-order chi connectivity index (χ0) is 16.4. The van der Waals surface area contributed by atoms with Crippen LogP contribution in [0.5, 0.6) is 5.75 Å². The van der Waals surface area contributed by atoms with Gasteiger partial charge in [-0.3, -0.25) is 19.3 Å². The van der Waals surface area contributed by atoms with Gasteiger partial charge in [0.05, 0.1) is 15.6 Å². The molecule has 0 amide bonds. The lowest BCUT2D eigenvalue weighted by Gasteiger charge is -2.07. The first-order valence-corrected chi connectivity index (χ1v) is 6.96. The van der Waals surface area contributed by atoms with Crippen LogP contribution in [0, 0.1) is 10.1 Å². The highest BCUT2D eigenvalue weighted by Crippen LogP contribution is 2.18. The van der Waals surface area contributed by atoms with Crippen LogP contribution in [-0.2, 0) is 6.61 Å². The summed E-state index contributed by atoms with van der Waals surface area (Å²) < 4.78 is 6.84. The largest absolute Gasteiger partial charge is 0.487 e. The summed E-state index contributed by atoms with van der Waals surface area (Å²) in [4.78, 5) is 26.4. The van der Waals surface area contributed by atoms with Gasteiger partial charge in [0.2, 0.25) is 0 Å². The fourth-order valence-electron chi connectivity index (χ4n) is 2.02. The Kier molecular flexibility index (Phi) is 3.94. The molecule has 7 nitrogen and oxygen atoms in total. The van der Waals surface area contributed by atoms with Crippen molar-refractivity contribution in [1.82, 2.24) is 9.38 Å². The second-order valence-electron chi connectivity index (χ2n) is 4.70. The molecule has 0 atom stereocenters. The van der Waals surface area contributed by atoms with Crippen LogP contribution in [0.1, 0.15) is 5.69 Å². The third-order valence-corrected chi connectivity index (χ3v) is 3.33. The molecule has 8 heteroatoms. The molecule has 3 rings (SSSR count). The topological polar surface area (TPSA) is 86.7 Å². The third kappa shape index (κ3) is 3.29. The number of nitro groups is 1. The highest BCUT2D eigenvalue weighted by molar-refractivity contribution is 6.30. The normalized spacial score (nSPS) is 10.7. The Morgan fingerprint density at radius 2 is 1.96 bits per heavy atom. The van der Waals surface area contributed by atoms with Gasteiger partial charge in [0.1, 0.15) is 18.0 Å². The average molecular weight is 332 g/mol. The van der Waals surface area contributed by atoms with Crippen LogP contribution in [0.25, 0.3) is 5.65 Å². The van der Waals surface area contributed by atoms with E-state index in [1.807, 2.05) is 0 Å². The molecular formula is C15H10ClN3O4. The Bertz CT molecular complexity index is 938. The van der Waals surface area contributed by atoms with Crippen LogP contribution in [0.15, 0.2) is 53.5 Å². The molecule has 0 aliphatic carbocycles. The summed E-state index contributed by atoms with van der Waals surface area (Å²) in [5.41, 5.74) is 0.635. The molecule has 3 aromatic rings. The van der Waals surface area contributed by atoms with Gasteiger partial charge in [0.15, 0.2) is 0 Å². The molecule has 0 N–H and O–H groups in total. The predicted octanol–water partition coefficient (Wildman–Crippen LogP) is 2.84. The maximum absolute atomic E-state index is 12.0. The first-order chi connectivity index (χ1) is 11.0. The fraction of sp³-hybridized carbons (Fsp3) is 0.0667. The molecule has 0 radical (unpaired) electrons. The van der Waals surface area contributed by atoms with Crippen molar-refractivity contribution in [3.05, 3.63) is 79.8 Å². The summed E-state index contributed by atoms with van der Waals surface area (Å²) >= 11 is 5.85. The Hall–Kier alpha value is -2.93. The quantitative estimate of drug-likeness (QED) is 0.542. The number of nitrogens with zero attached hydrogens (tertiary/aromatic N) is 3. The fourth-order valence-corrected chi connectivity index (χ4v) is 2.18. The molecular weight excluding hydrogens is 322 g/mol. The summed E-state index contributed by atoms with van der Waals surface area (Å²) in [5.74, 6) is 0.453. The summed E-state index contributed by atoms with van der Waals surface area (Å²) in [5, 5.41) is 11.0. The maximum Gasteiger partial charge on any atom is 0.269 e. The van der Waals surface area contributed by atoms with Crippen molar-refractivity contribution >= 4 is 22.9 Å². The number of halogens is 1. The van der Waals surface area contributed by atoms with Gasteiger partial charge in [-0.2, -0.15) is 0 Å². The van der Waals surface area contributed by atoms with E-state index < -0.39 is 4.92 Å². The number of nitro benzene ring substituents is 1. The average Bonchev–Trinajstić information content (AvgIpc) is 2.54. The van der Waals surface area contributed by atoms with E-state index in [1.165, 1.54) is 40.9 Å². The van der Waals surface area contributed by atoms with E-state index in [0.29, 0.717) is 22.1 Å². The van der Waals surface area contributed by atoms with Gasteiger partial charge in [0.25, 0.3) is 11.2 Å². The van der Waals surface area contributed by atoms with Gasteiger partial charge in [-0.1, -0.05) is 11.6 Å². The molecule has 0 saturated carbocycles. The van der Waals surface area contributed by atoms with E-state index in [1.54, 1.807) is 12.1 Å². The molecule has 0 saturated heterocycles. The molecule has 0 spiro atoms. The van der Waals surface area contributed by atoms with E-state index in [2.05, 4.69) is 4.98 Å². The number of fused-ring (bicyclic) bond motifs is 1. The lowest BCUT2D eigenvalue weighted by Crippen LogP contribution is -2.16. The molecule has 0 aliphatic heterocycles. The van der Waals surface area contributed by atoms with Crippen molar-refractivity contribution in [3.63, 3.8) is 0 Å². The van der Waals surface area contributed by atoms with E-state index in [4.69, 9.17) is 16.3 Å². The highest BCUT2D eigenvalue weighted by Gasteiger charge is 2.06. The van der Waals surface area contributed by atoms with Gasteiger partial charge >= 0.3 is 0 Å². The minimum Gasteiger partial charge on any atom is -0.487 e. The van der Waals surface area contributed by atoms with Crippen molar-refractivity contribution in [3.8, 4) is 5.75 Å². The van der Waals surface area contributed by atoms with Crippen molar-refractivity contribution < 1.29 is 9.66 Å². The Labute approximate surface area is 134 Å². The molecule has 116 valence electrons. The second kappa shape index (κ2) is 6.05. The monoisotopic (exact) mass is 331 g/mol. The summed E-state index contributed by atoms with van der Waals surface area (Å²) in [6, 6.07) is 10.3. The lowest BCUT2D eigenvalue weighted by molar-refractivity contribution is -0.384. The van der Waals surface area contributed by atoms with Crippen LogP contribution < -0.4 is 10.3 Å². The first-order valence-electron chi connectivity index (χ1n) is 6.58. The van der Waals surface area contributed by atoms with Gasteiger partial charge in [-0.15, -0.1) is 0 Å². The first kappa shape index (κ1) is 15.0. The molecule has 0 fully saturated rings.